The van der Waals surface area contributed by atoms with Crippen LogP contribution < -0.4 is 5.73 Å². The third kappa shape index (κ3) is 3.53. The maximum Gasteiger partial charge on any atom is 0.0421 e. The maximum atomic E-state index is 6.57. The first-order valence-corrected chi connectivity index (χ1v) is 6.68. The molecule has 0 radical (unpaired) electrons. The zero-order valence-electron chi connectivity index (χ0n) is 11.1. The first kappa shape index (κ1) is 12.6. The molecule has 2 N–H and O–H groups in total. The molecule has 1 saturated carbocycles. The van der Waals surface area contributed by atoms with Crippen molar-refractivity contribution in [3.8, 4) is 0 Å². The quantitative estimate of drug-likeness (QED) is 0.794. The summed E-state index contributed by atoms with van der Waals surface area (Å²) in [5.41, 5.74) is 8.13. The fraction of sp³-hybridized carbons (Fsp3) is 0.667. The fourth-order valence-corrected chi connectivity index (χ4v) is 2.80. The van der Waals surface area contributed by atoms with Crippen LogP contribution in [0.25, 0.3) is 0 Å². The number of aromatic nitrogens is 1. The predicted octanol–water partition coefficient (Wildman–Crippen LogP) is 3.31. The molecule has 94 valence electrons. The summed E-state index contributed by atoms with van der Waals surface area (Å²) in [6.07, 6.45) is 8.81. The molecule has 2 heteroatoms. The molecule has 1 aliphatic carbocycles. The van der Waals surface area contributed by atoms with E-state index in [4.69, 9.17) is 5.73 Å². The molecule has 1 aliphatic rings. The number of hydrogen-bond acceptors (Lipinski definition) is 2. The second-order valence-electron chi connectivity index (χ2n) is 6.38. The van der Waals surface area contributed by atoms with Crippen LogP contribution in [0.5, 0.6) is 0 Å². The molecule has 1 fully saturated rings. The minimum Gasteiger partial charge on any atom is -0.325 e. The maximum absolute atomic E-state index is 6.57. The second-order valence-corrected chi connectivity index (χ2v) is 6.38. The molecule has 2 rings (SSSR count). The SMILES string of the molecule is CC1(C)CCCC(N)(Cc2ccccn2)CC1. The van der Waals surface area contributed by atoms with E-state index < -0.39 is 0 Å². The lowest BCUT2D eigenvalue weighted by molar-refractivity contribution is 0.296. The molecular formula is C15H24N2. The van der Waals surface area contributed by atoms with Gasteiger partial charge in [0.25, 0.3) is 0 Å². The Morgan fingerprint density at radius 3 is 2.71 bits per heavy atom. The second kappa shape index (κ2) is 4.77. The highest BCUT2D eigenvalue weighted by atomic mass is 14.8. The van der Waals surface area contributed by atoms with Crippen molar-refractivity contribution >= 4 is 0 Å². The van der Waals surface area contributed by atoms with E-state index in [0.717, 1.165) is 25.0 Å². The van der Waals surface area contributed by atoms with Gasteiger partial charge in [-0.15, -0.1) is 0 Å². The van der Waals surface area contributed by atoms with E-state index in [-0.39, 0.29) is 5.54 Å². The number of rotatable bonds is 2. The first-order valence-electron chi connectivity index (χ1n) is 6.68. The first-order chi connectivity index (χ1) is 7.99. The molecule has 0 aliphatic heterocycles. The highest BCUT2D eigenvalue weighted by Gasteiger charge is 2.32. The Morgan fingerprint density at radius 2 is 2.00 bits per heavy atom. The van der Waals surface area contributed by atoms with Gasteiger partial charge in [0.05, 0.1) is 0 Å². The van der Waals surface area contributed by atoms with Gasteiger partial charge in [0.15, 0.2) is 0 Å². The van der Waals surface area contributed by atoms with Gasteiger partial charge in [-0.25, -0.2) is 0 Å². The zero-order chi connectivity index (χ0) is 12.4. The highest BCUT2D eigenvalue weighted by molar-refractivity contribution is 5.09. The minimum absolute atomic E-state index is 0.0396. The molecule has 1 unspecified atom stereocenters. The number of nitrogens with zero attached hydrogens (tertiary/aromatic N) is 1. The van der Waals surface area contributed by atoms with Crippen molar-refractivity contribution in [2.24, 2.45) is 11.1 Å². The van der Waals surface area contributed by atoms with Crippen molar-refractivity contribution in [1.82, 2.24) is 4.98 Å². The Bertz CT molecular complexity index is 358. The van der Waals surface area contributed by atoms with Gasteiger partial charge in [0.1, 0.15) is 0 Å². The van der Waals surface area contributed by atoms with Crippen molar-refractivity contribution in [2.75, 3.05) is 0 Å². The minimum atomic E-state index is -0.0396. The number of hydrogen-bond donors (Lipinski definition) is 1. The molecule has 2 nitrogen and oxygen atoms in total. The van der Waals surface area contributed by atoms with Gasteiger partial charge in [-0.1, -0.05) is 26.3 Å². The summed E-state index contributed by atoms with van der Waals surface area (Å²) in [5.74, 6) is 0. The number of nitrogens with two attached hydrogens (primary N) is 1. The van der Waals surface area contributed by atoms with Crippen LogP contribution in [0.1, 0.15) is 51.6 Å². The Labute approximate surface area is 105 Å². The normalized spacial score (nSPS) is 28.6. The van der Waals surface area contributed by atoms with Gasteiger partial charge in [0, 0.05) is 23.9 Å². The average molecular weight is 232 g/mol. The molecule has 0 amide bonds. The van der Waals surface area contributed by atoms with Crippen LogP contribution in [0.4, 0.5) is 0 Å². The predicted molar refractivity (Wildman–Crippen MR) is 71.7 cm³/mol. The van der Waals surface area contributed by atoms with Crippen LogP contribution in [-0.2, 0) is 6.42 Å². The van der Waals surface area contributed by atoms with E-state index in [1.165, 1.54) is 19.3 Å². The molecule has 0 saturated heterocycles. The Balaban J connectivity index is 2.04. The molecule has 17 heavy (non-hydrogen) atoms. The van der Waals surface area contributed by atoms with E-state index in [1.807, 2.05) is 18.3 Å². The van der Waals surface area contributed by atoms with Gasteiger partial charge in [-0.05, 0) is 43.2 Å². The van der Waals surface area contributed by atoms with Crippen molar-refractivity contribution in [1.29, 1.82) is 0 Å². The van der Waals surface area contributed by atoms with Gasteiger partial charge in [0.2, 0.25) is 0 Å². The van der Waals surface area contributed by atoms with Gasteiger partial charge in [-0.3, -0.25) is 4.98 Å². The van der Waals surface area contributed by atoms with Crippen LogP contribution >= 0.6 is 0 Å². The Hall–Kier alpha value is -0.890. The van der Waals surface area contributed by atoms with Crippen LogP contribution in [0.3, 0.4) is 0 Å². The Kier molecular flexibility index (Phi) is 3.53. The van der Waals surface area contributed by atoms with Gasteiger partial charge < -0.3 is 5.73 Å². The van der Waals surface area contributed by atoms with Crippen LogP contribution in [0, 0.1) is 5.41 Å². The van der Waals surface area contributed by atoms with E-state index in [2.05, 4.69) is 24.9 Å². The lowest BCUT2D eigenvalue weighted by atomic mass is 9.82. The standard InChI is InChI=1S/C15H24N2/c1-14(2)7-5-8-15(16,10-9-14)12-13-6-3-4-11-17-13/h3-4,6,11H,5,7-10,12,16H2,1-2H3. The third-order valence-corrected chi connectivity index (χ3v) is 4.09. The number of pyridine rings is 1. The lowest BCUT2D eigenvalue weighted by Gasteiger charge is -2.29. The van der Waals surface area contributed by atoms with Crippen molar-refractivity contribution in [3.63, 3.8) is 0 Å². The molecule has 0 spiro atoms. The zero-order valence-corrected chi connectivity index (χ0v) is 11.1. The highest BCUT2D eigenvalue weighted by Crippen LogP contribution is 2.38. The summed E-state index contributed by atoms with van der Waals surface area (Å²) >= 11 is 0. The largest absolute Gasteiger partial charge is 0.325 e. The smallest absolute Gasteiger partial charge is 0.0421 e. The van der Waals surface area contributed by atoms with E-state index >= 15 is 0 Å². The van der Waals surface area contributed by atoms with Crippen molar-refractivity contribution < 1.29 is 0 Å². The van der Waals surface area contributed by atoms with Crippen LogP contribution in [-0.4, -0.2) is 10.5 Å². The average Bonchev–Trinajstić information content (AvgIpc) is 2.40. The molecule has 0 aromatic carbocycles. The van der Waals surface area contributed by atoms with Crippen LogP contribution in [0.2, 0.25) is 0 Å². The monoisotopic (exact) mass is 232 g/mol. The summed E-state index contributed by atoms with van der Waals surface area (Å²) in [6, 6.07) is 6.10. The van der Waals surface area contributed by atoms with Gasteiger partial charge in [-0.2, -0.15) is 0 Å². The van der Waals surface area contributed by atoms with Crippen LogP contribution in [0.15, 0.2) is 24.4 Å². The molecule has 1 aromatic heterocycles. The van der Waals surface area contributed by atoms with Crippen molar-refractivity contribution in [2.45, 2.75) is 57.9 Å². The van der Waals surface area contributed by atoms with Gasteiger partial charge >= 0.3 is 0 Å². The third-order valence-electron chi connectivity index (χ3n) is 4.09. The van der Waals surface area contributed by atoms with Crippen molar-refractivity contribution in [3.05, 3.63) is 30.1 Å². The lowest BCUT2D eigenvalue weighted by Crippen LogP contribution is -2.41. The van der Waals surface area contributed by atoms with E-state index in [0.29, 0.717) is 5.41 Å². The fourth-order valence-electron chi connectivity index (χ4n) is 2.80. The Morgan fingerprint density at radius 1 is 1.18 bits per heavy atom. The summed E-state index contributed by atoms with van der Waals surface area (Å²) in [6.45, 7) is 4.72. The molecule has 0 bridgehead atoms. The topological polar surface area (TPSA) is 38.9 Å². The van der Waals surface area contributed by atoms with E-state index in [9.17, 15) is 0 Å². The summed E-state index contributed by atoms with van der Waals surface area (Å²) in [5, 5.41) is 0. The summed E-state index contributed by atoms with van der Waals surface area (Å²) < 4.78 is 0. The summed E-state index contributed by atoms with van der Waals surface area (Å²) in [4.78, 5) is 4.41. The molecule has 1 atom stereocenters. The molecule has 1 aromatic rings. The molecular weight excluding hydrogens is 208 g/mol. The summed E-state index contributed by atoms with van der Waals surface area (Å²) in [7, 11) is 0. The van der Waals surface area contributed by atoms with E-state index in [1.54, 1.807) is 0 Å². The molecule has 1 heterocycles.